The van der Waals surface area contributed by atoms with Gasteiger partial charge in [-0.15, -0.1) is 0 Å². The molecule has 3 rings (SSSR count). The summed E-state index contributed by atoms with van der Waals surface area (Å²) in [5.74, 6) is 0. The first kappa shape index (κ1) is 14.1. The van der Waals surface area contributed by atoms with Crippen LogP contribution in [0, 0.1) is 0 Å². The van der Waals surface area contributed by atoms with Crippen LogP contribution in [0.3, 0.4) is 0 Å². The van der Waals surface area contributed by atoms with Gasteiger partial charge in [-0.1, -0.05) is 24.3 Å². The van der Waals surface area contributed by atoms with Gasteiger partial charge in [-0.25, -0.2) is 0 Å². The van der Waals surface area contributed by atoms with E-state index in [4.69, 9.17) is 0 Å². The molecule has 0 aromatic heterocycles. The van der Waals surface area contributed by atoms with Crippen LogP contribution in [0.5, 0.6) is 0 Å². The van der Waals surface area contributed by atoms with Crippen molar-refractivity contribution >= 4 is 0 Å². The lowest BCUT2D eigenvalue weighted by atomic mass is 10.1. The van der Waals surface area contributed by atoms with Crippen LogP contribution in [0.15, 0.2) is 24.3 Å². The summed E-state index contributed by atoms with van der Waals surface area (Å²) in [5.41, 5.74) is 2.94. The fourth-order valence-corrected chi connectivity index (χ4v) is 3.74. The van der Waals surface area contributed by atoms with E-state index in [9.17, 15) is 0 Å². The van der Waals surface area contributed by atoms with Crippen molar-refractivity contribution in [1.29, 1.82) is 0 Å². The molecule has 2 saturated heterocycles. The van der Waals surface area contributed by atoms with Crippen molar-refractivity contribution in [3.8, 4) is 0 Å². The molecule has 0 amide bonds. The average Bonchev–Trinajstić information content (AvgIpc) is 2.80. The Kier molecular flexibility index (Phi) is 4.71. The molecule has 1 aromatic rings. The zero-order valence-corrected chi connectivity index (χ0v) is 12.6. The monoisotopic (exact) mass is 273 g/mol. The van der Waals surface area contributed by atoms with Crippen LogP contribution in [-0.4, -0.2) is 49.1 Å². The van der Waals surface area contributed by atoms with E-state index in [2.05, 4.69) is 39.4 Å². The maximum absolute atomic E-state index is 3.28. The molecule has 3 heteroatoms. The quantitative estimate of drug-likeness (QED) is 0.906. The zero-order chi connectivity index (χ0) is 13.8. The van der Waals surface area contributed by atoms with Crippen LogP contribution in [-0.2, 0) is 13.1 Å². The maximum atomic E-state index is 3.28. The minimum atomic E-state index is 0.814. The van der Waals surface area contributed by atoms with Gasteiger partial charge in [-0.05, 0) is 57.1 Å². The molecule has 0 radical (unpaired) electrons. The first-order chi connectivity index (χ1) is 9.86. The smallest absolute Gasteiger partial charge is 0.0237 e. The lowest BCUT2D eigenvalue weighted by Crippen LogP contribution is -2.36. The molecular weight excluding hydrogens is 246 g/mol. The Morgan fingerprint density at radius 2 is 1.90 bits per heavy atom. The molecule has 3 nitrogen and oxygen atoms in total. The molecule has 20 heavy (non-hydrogen) atoms. The molecular formula is C17H27N3. The number of benzene rings is 1. The standard InChI is InChI=1S/C17H27N3/c1-18-12-15-6-2-3-7-16(15)13-19-9-5-11-20-10-4-8-17(20)14-19/h2-3,6-7,17-18H,4-5,8-14H2,1H3. The van der Waals surface area contributed by atoms with Crippen molar-refractivity contribution in [2.24, 2.45) is 0 Å². The van der Waals surface area contributed by atoms with Gasteiger partial charge in [0.05, 0.1) is 0 Å². The molecule has 0 bridgehead atoms. The van der Waals surface area contributed by atoms with E-state index in [-0.39, 0.29) is 0 Å². The fraction of sp³-hybridized carbons (Fsp3) is 0.647. The third-order valence-electron chi connectivity index (χ3n) is 4.77. The van der Waals surface area contributed by atoms with Crippen molar-refractivity contribution in [2.45, 2.75) is 38.4 Å². The molecule has 0 saturated carbocycles. The molecule has 1 aromatic carbocycles. The van der Waals surface area contributed by atoms with E-state index >= 15 is 0 Å². The average molecular weight is 273 g/mol. The summed E-state index contributed by atoms with van der Waals surface area (Å²) < 4.78 is 0. The van der Waals surface area contributed by atoms with E-state index in [1.165, 1.54) is 56.6 Å². The van der Waals surface area contributed by atoms with Crippen molar-refractivity contribution in [2.75, 3.05) is 33.2 Å². The predicted molar refractivity (Wildman–Crippen MR) is 83.7 cm³/mol. The second-order valence-electron chi connectivity index (χ2n) is 6.22. The van der Waals surface area contributed by atoms with Crippen LogP contribution in [0.4, 0.5) is 0 Å². The van der Waals surface area contributed by atoms with Crippen LogP contribution in [0.25, 0.3) is 0 Å². The van der Waals surface area contributed by atoms with Gasteiger partial charge in [0.2, 0.25) is 0 Å². The van der Waals surface area contributed by atoms with Gasteiger partial charge in [-0.3, -0.25) is 9.80 Å². The highest BCUT2D eigenvalue weighted by atomic mass is 15.3. The molecule has 2 fully saturated rings. The number of hydrogen-bond acceptors (Lipinski definition) is 3. The van der Waals surface area contributed by atoms with E-state index < -0.39 is 0 Å². The summed E-state index contributed by atoms with van der Waals surface area (Å²) in [6.07, 6.45) is 4.12. The Bertz CT molecular complexity index is 432. The number of fused-ring (bicyclic) bond motifs is 1. The normalized spacial score (nSPS) is 24.6. The van der Waals surface area contributed by atoms with Gasteiger partial charge < -0.3 is 5.32 Å². The summed E-state index contributed by atoms with van der Waals surface area (Å²) in [6, 6.07) is 9.69. The van der Waals surface area contributed by atoms with E-state index in [0.717, 1.165) is 19.1 Å². The fourth-order valence-electron chi connectivity index (χ4n) is 3.74. The zero-order valence-electron chi connectivity index (χ0n) is 12.6. The van der Waals surface area contributed by atoms with Gasteiger partial charge in [0.1, 0.15) is 0 Å². The largest absolute Gasteiger partial charge is 0.316 e. The number of rotatable bonds is 4. The van der Waals surface area contributed by atoms with E-state index in [1.54, 1.807) is 0 Å². The molecule has 0 aliphatic carbocycles. The second-order valence-corrected chi connectivity index (χ2v) is 6.22. The van der Waals surface area contributed by atoms with Gasteiger partial charge in [0.15, 0.2) is 0 Å². The molecule has 1 N–H and O–H groups in total. The Hall–Kier alpha value is -0.900. The van der Waals surface area contributed by atoms with Gasteiger partial charge in [0.25, 0.3) is 0 Å². The van der Waals surface area contributed by atoms with Crippen LogP contribution in [0.2, 0.25) is 0 Å². The highest BCUT2D eigenvalue weighted by Gasteiger charge is 2.28. The third-order valence-corrected chi connectivity index (χ3v) is 4.77. The van der Waals surface area contributed by atoms with Crippen molar-refractivity contribution < 1.29 is 0 Å². The summed E-state index contributed by atoms with van der Waals surface area (Å²) in [5, 5.41) is 3.28. The van der Waals surface area contributed by atoms with Crippen LogP contribution >= 0.6 is 0 Å². The highest BCUT2D eigenvalue weighted by molar-refractivity contribution is 5.27. The van der Waals surface area contributed by atoms with Gasteiger partial charge in [-0.2, -0.15) is 0 Å². The van der Waals surface area contributed by atoms with Crippen molar-refractivity contribution in [3.63, 3.8) is 0 Å². The maximum Gasteiger partial charge on any atom is 0.0237 e. The Balaban J connectivity index is 1.67. The van der Waals surface area contributed by atoms with E-state index in [0.29, 0.717) is 0 Å². The summed E-state index contributed by atoms with van der Waals surface area (Å²) in [6.45, 7) is 7.23. The van der Waals surface area contributed by atoms with Crippen LogP contribution in [0.1, 0.15) is 30.4 Å². The number of nitrogens with zero attached hydrogens (tertiary/aromatic N) is 2. The number of hydrogen-bond donors (Lipinski definition) is 1. The van der Waals surface area contributed by atoms with Crippen molar-refractivity contribution in [1.82, 2.24) is 15.1 Å². The molecule has 0 spiro atoms. The number of nitrogens with one attached hydrogen (secondary N) is 1. The summed E-state index contributed by atoms with van der Waals surface area (Å²) >= 11 is 0. The molecule has 110 valence electrons. The molecule has 1 atom stereocenters. The SMILES string of the molecule is CNCc1ccccc1CN1CCCN2CCCC2C1. The summed E-state index contributed by atoms with van der Waals surface area (Å²) in [7, 11) is 2.03. The lowest BCUT2D eigenvalue weighted by molar-refractivity contribution is 0.215. The molecule has 1 unspecified atom stereocenters. The second kappa shape index (κ2) is 6.70. The molecule has 2 aliphatic heterocycles. The van der Waals surface area contributed by atoms with Crippen LogP contribution < -0.4 is 5.32 Å². The highest BCUT2D eigenvalue weighted by Crippen LogP contribution is 2.22. The predicted octanol–water partition coefficient (Wildman–Crippen LogP) is 2.08. The Labute approximate surface area is 123 Å². The molecule has 2 heterocycles. The minimum absolute atomic E-state index is 0.814. The summed E-state index contributed by atoms with van der Waals surface area (Å²) in [4.78, 5) is 5.38. The minimum Gasteiger partial charge on any atom is -0.316 e. The van der Waals surface area contributed by atoms with Crippen molar-refractivity contribution in [3.05, 3.63) is 35.4 Å². The first-order valence-electron chi connectivity index (χ1n) is 8.04. The topological polar surface area (TPSA) is 18.5 Å². The lowest BCUT2D eigenvalue weighted by Gasteiger charge is -2.26. The molecule has 2 aliphatic rings. The Morgan fingerprint density at radius 1 is 1.10 bits per heavy atom. The van der Waals surface area contributed by atoms with E-state index in [1.807, 2.05) is 7.05 Å². The Morgan fingerprint density at radius 3 is 2.75 bits per heavy atom. The third kappa shape index (κ3) is 3.22. The van der Waals surface area contributed by atoms with Gasteiger partial charge in [0, 0.05) is 25.7 Å². The van der Waals surface area contributed by atoms with Gasteiger partial charge >= 0.3 is 0 Å². The first-order valence-corrected chi connectivity index (χ1v) is 8.04.